The van der Waals surface area contributed by atoms with Crippen LogP contribution >= 0.6 is 0 Å². The summed E-state index contributed by atoms with van der Waals surface area (Å²) in [5.74, 6) is 6.00. The van der Waals surface area contributed by atoms with Crippen molar-refractivity contribution in [2.24, 2.45) is 10.7 Å². The maximum absolute atomic E-state index is 12.8. The highest BCUT2D eigenvalue weighted by atomic mass is 32.2. The van der Waals surface area contributed by atoms with Crippen molar-refractivity contribution >= 4 is 37.4 Å². The molecule has 4 rings (SSSR count). The molecular weight excluding hydrogens is 372 g/mol. The fourth-order valence-corrected chi connectivity index (χ4v) is 5.32. The smallest absolute Gasteiger partial charge is 0.165 e. The van der Waals surface area contributed by atoms with Gasteiger partial charge in [0.15, 0.2) is 9.84 Å². The summed E-state index contributed by atoms with van der Waals surface area (Å²) in [7, 11) is -3.45. The van der Waals surface area contributed by atoms with Gasteiger partial charge in [-0.3, -0.25) is 4.99 Å². The first kappa shape index (κ1) is 18.6. The number of benzene rings is 2. The lowest BCUT2D eigenvalue weighted by Crippen LogP contribution is -2.54. The molecule has 0 amide bonds. The van der Waals surface area contributed by atoms with E-state index in [4.69, 9.17) is 10.2 Å². The standard InChI is InChI=1S/C22H22N2O3S/c1-5-6-15-12-27-19-11-14-7-8-17(9-16(14)10-18(15)19)22(4)13-28(25,26)21(2,3)20(23)24-22/h7-12H,13H2,1-4H3,(H2,23,24)/t22-/m0/s1. The lowest BCUT2D eigenvalue weighted by atomic mass is 9.91. The van der Waals surface area contributed by atoms with Crippen LogP contribution in [-0.4, -0.2) is 24.8 Å². The molecule has 0 saturated carbocycles. The quantitative estimate of drug-likeness (QED) is 0.637. The first-order valence-electron chi connectivity index (χ1n) is 9.04. The van der Waals surface area contributed by atoms with Crippen LogP contribution in [0.1, 0.15) is 38.8 Å². The minimum absolute atomic E-state index is 0.0836. The number of rotatable bonds is 1. The summed E-state index contributed by atoms with van der Waals surface area (Å²) in [5.41, 5.74) is 7.56. The molecule has 2 N–H and O–H groups in total. The van der Waals surface area contributed by atoms with Crippen LogP contribution in [0.15, 0.2) is 46.0 Å². The Bertz CT molecular complexity index is 1320. The molecule has 0 bridgehead atoms. The molecule has 0 aliphatic carbocycles. The van der Waals surface area contributed by atoms with Crippen molar-refractivity contribution in [2.45, 2.75) is 38.0 Å². The average molecular weight is 394 g/mol. The minimum Gasteiger partial charge on any atom is -0.463 e. The van der Waals surface area contributed by atoms with Gasteiger partial charge in [0.05, 0.1) is 16.9 Å². The van der Waals surface area contributed by atoms with Crippen molar-refractivity contribution in [3.63, 3.8) is 0 Å². The second kappa shape index (κ2) is 5.86. The molecule has 0 radical (unpaired) electrons. The van der Waals surface area contributed by atoms with Gasteiger partial charge in [-0.1, -0.05) is 18.1 Å². The van der Waals surface area contributed by atoms with Crippen molar-refractivity contribution in [3.8, 4) is 11.8 Å². The predicted molar refractivity (Wildman–Crippen MR) is 113 cm³/mol. The Morgan fingerprint density at radius 3 is 2.57 bits per heavy atom. The number of nitrogens with zero attached hydrogens (tertiary/aromatic N) is 1. The average Bonchev–Trinajstić information content (AvgIpc) is 3.00. The van der Waals surface area contributed by atoms with Gasteiger partial charge in [-0.25, -0.2) is 8.42 Å². The van der Waals surface area contributed by atoms with E-state index >= 15 is 0 Å². The van der Waals surface area contributed by atoms with Gasteiger partial charge in [0.2, 0.25) is 0 Å². The first-order valence-corrected chi connectivity index (χ1v) is 10.7. The zero-order chi connectivity index (χ0) is 20.3. The number of hydrogen-bond donors (Lipinski definition) is 1. The molecular formula is C22H22N2O3S. The Morgan fingerprint density at radius 2 is 1.89 bits per heavy atom. The van der Waals surface area contributed by atoms with E-state index in [1.165, 1.54) is 0 Å². The Kier molecular flexibility index (Phi) is 3.89. The van der Waals surface area contributed by atoms with Crippen LogP contribution in [-0.2, 0) is 15.4 Å². The number of furan rings is 1. The third-order valence-electron chi connectivity index (χ3n) is 5.65. The van der Waals surface area contributed by atoms with Gasteiger partial charge in [-0.05, 0) is 62.2 Å². The molecule has 5 nitrogen and oxygen atoms in total. The van der Waals surface area contributed by atoms with Crippen LogP contribution in [0.5, 0.6) is 0 Å². The van der Waals surface area contributed by atoms with Crippen LogP contribution in [0.2, 0.25) is 0 Å². The summed E-state index contributed by atoms with van der Waals surface area (Å²) in [5, 5.41) is 2.91. The molecule has 1 aromatic heterocycles. The van der Waals surface area contributed by atoms with Gasteiger partial charge in [0.1, 0.15) is 22.4 Å². The summed E-state index contributed by atoms with van der Waals surface area (Å²) in [6.07, 6.45) is 1.66. The summed E-state index contributed by atoms with van der Waals surface area (Å²) < 4.78 is 30.1. The molecule has 1 aliphatic rings. The number of aliphatic imine (C=N–C) groups is 1. The van der Waals surface area contributed by atoms with Gasteiger partial charge in [-0.15, -0.1) is 5.92 Å². The molecule has 1 atom stereocenters. The van der Waals surface area contributed by atoms with Crippen molar-refractivity contribution in [1.82, 2.24) is 0 Å². The third-order valence-corrected chi connectivity index (χ3v) is 8.35. The molecule has 6 heteroatoms. The molecule has 28 heavy (non-hydrogen) atoms. The summed E-state index contributed by atoms with van der Waals surface area (Å²) in [6, 6.07) is 9.84. The van der Waals surface area contributed by atoms with E-state index in [1.807, 2.05) is 37.3 Å². The van der Waals surface area contributed by atoms with E-state index in [9.17, 15) is 8.42 Å². The fourth-order valence-electron chi connectivity index (χ4n) is 3.63. The van der Waals surface area contributed by atoms with Gasteiger partial charge in [0, 0.05) is 5.39 Å². The monoisotopic (exact) mass is 394 g/mol. The highest BCUT2D eigenvalue weighted by Crippen LogP contribution is 2.38. The molecule has 0 unspecified atom stereocenters. The Morgan fingerprint density at radius 1 is 1.14 bits per heavy atom. The number of fused-ring (bicyclic) bond motifs is 2. The zero-order valence-corrected chi connectivity index (χ0v) is 17.1. The lowest BCUT2D eigenvalue weighted by molar-refractivity contribution is 0.501. The van der Waals surface area contributed by atoms with Crippen LogP contribution in [0, 0.1) is 11.8 Å². The number of nitrogens with two attached hydrogens (primary N) is 1. The molecule has 1 aliphatic heterocycles. The maximum Gasteiger partial charge on any atom is 0.165 e. The number of hydrogen-bond acceptors (Lipinski definition) is 5. The fraction of sp³-hybridized carbons (Fsp3) is 0.318. The predicted octanol–water partition coefficient (Wildman–Crippen LogP) is 3.74. The van der Waals surface area contributed by atoms with E-state index in [0.29, 0.717) is 0 Å². The Labute approximate surface area is 164 Å². The van der Waals surface area contributed by atoms with Crippen molar-refractivity contribution < 1.29 is 12.8 Å². The zero-order valence-electron chi connectivity index (χ0n) is 16.3. The van der Waals surface area contributed by atoms with E-state index in [-0.39, 0.29) is 11.6 Å². The van der Waals surface area contributed by atoms with Crippen molar-refractivity contribution in [1.29, 1.82) is 0 Å². The number of sulfone groups is 1. The largest absolute Gasteiger partial charge is 0.463 e. The van der Waals surface area contributed by atoms with Crippen LogP contribution in [0.4, 0.5) is 0 Å². The minimum atomic E-state index is -3.45. The van der Waals surface area contributed by atoms with E-state index in [1.54, 1.807) is 27.0 Å². The highest BCUT2D eigenvalue weighted by Gasteiger charge is 2.48. The molecule has 0 saturated heterocycles. The van der Waals surface area contributed by atoms with Gasteiger partial charge in [-0.2, -0.15) is 0 Å². The van der Waals surface area contributed by atoms with Crippen LogP contribution in [0.3, 0.4) is 0 Å². The number of amidine groups is 1. The summed E-state index contributed by atoms with van der Waals surface area (Å²) >= 11 is 0. The second-order valence-electron chi connectivity index (χ2n) is 7.97. The first-order chi connectivity index (χ1) is 13.1. The molecule has 3 aromatic rings. The van der Waals surface area contributed by atoms with Crippen molar-refractivity contribution in [2.75, 3.05) is 5.75 Å². The normalized spacial score (nSPS) is 23.2. The van der Waals surface area contributed by atoms with Crippen LogP contribution < -0.4 is 5.73 Å². The van der Waals surface area contributed by atoms with E-state index in [2.05, 4.69) is 16.8 Å². The molecule has 0 fully saturated rings. The van der Waals surface area contributed by atoms with Gasteiger partial charge >= 0.3 is 0 Å². The topological polar surface area (TPSA) is 85.7 Å². The van der Waals surface area contributed by atoms with E-state index < -0.39 is 20.1 Å². The van der Waals surface area contributed by atoms with Gasteiger partial charge < -0.3 is 10.2 Å². The lowest BCUT2D eigenvalue weighted by Gasteiger charge is -2.37. The third kappa shape index (κ3) is 2.61. The van der Waals surface area contributed by atoms with Gasteiger partial charge in [0.25, 0.3) is 0 Å². The second-order valence-corrected chi connectivity index (χ2v) is 10.5. The summed E-state index contributed by atoms with van der Waals surface area (Å²) in [4.78, 5) is 4.61. The highest BCUT2D eigenvalue weighted by molar-refractivity contribution is 7.93. The summed E-state index contributed by atoms with van der Waals surface area (Å²) in [6.45, 7) is 6.81. The Balaban J connectivity index is 1.91. The SMILES string of the molecule is CC#Cc1coc2cc3ccc([C@]4(C)CS(=O)(=O)C(C)(C)C(N)=N4)cc3cc12. The maximum atomic E-state index is 12.8. The van der Waals surface area contributed by atoms with Crippen LogP contribution in [0.25, 0.3) is 21.7 Å². The molecule has 144 valence electrons. The molecule has 0 spiro atoms. The molecule has 2 aromatic carbocycles. The van der Waals surface area contributed by atoms with Crippen molar-refractivity contribution in [3.05, 3.63) is 47.7 Å². The van der Waals surface area contributed by atoms with E-state index in [0.717, 1.165) is 32.9 Å². The molecule has 2 heterocycles. The Hall–Kier alpha value is -2.78.